The summed E-state index contributed by atoms with van der Waals surface area (Å²) in [7, 11) is 4.12. The molecular formula is C20H24N2O. The van der Waals surface area contributed by atoms with Crippen molar-refractivity contribution in [2.75, 3.05) is 27.2 Å². The molecule has 0 saturated heterocycles. The Morgan fingerprint density at radius 1 is 1.09 bits per heavy atom. The minimum atomic E-state index is 0.669. The second-order valence-corrected chi connectivity index (χ2v) is 5.92. The highest BCUT2D eigenvalue weighted by molar-refractivity contribution is 5.47. The van der Waals surface area contributed by atoms with Gasteiger partial charge in [-0.05, 0) is 70.1 Å². The van der Waals surface area contributed by atoms with E-state index in [2.05, 4.69) is 54.9 Å². The molecule has 0 N–H and O–H groups in total. The van der Waals surface area contributed by atoms with Crippen molar-refractivity contribution < 1.29 is 4.74 Å². The highest BCUT2D eigenvalue weighted by Gasteiger charge is 2.04. The Kier molecular flexibility index (Phi) is 6.19. The molecule has 120 valence electrons. The molecule has 0 fully saturated rings. The summed E-state index contributed by atoms with van der Waals surface area (Å²) >= 11 is 0. The van der Waals surface area contributed by atoms with Crippen LogP contribution in [-0.4, -0.2) is 37.1 Å². The number of hydrogen-bond acceptors (Lipinski definition) is 3. The van der Waals surface area contributed by atoms with E-state index >= 15 is 0 Å². The molecule has 0 aliphatic rings. The standard InChI is InChI=1S/C20H24N2O/c1-16-7-5-8-18(15-16)10-11-19-20(12-9-17(2)21-19)23-14-6-13-22(3)4/h5,7-9,12,15H,6,13-14H2,1-4H3. The quantitative estimate of drug-likeness (QED) is 0.625. The van der Waals surface area contributed by atoms with Crippen LogP contribution < -0.4 is 4.74 Å². The number of nitrogens with zero attached hydrogens (tertiary/aromatic N) is 2. The van der Waals surface area contributed by atoms with Gasteiger partial charge in [-0.1, -0.05) is 18.1 Å². The summed E-state index contributed by atoms with van der Waals surface area (Å²) in [5, 5.41) is 0. The highest BCUT2D eigenvalue weighted by atomic mass is 16.5. The van der Waals surface area contributed by atoms with Crippen LogP contribution in [0.25, 0.3) is 0 Å². The van der Waals surface area contributed by atoms with E-state index in [0.717, 1.165) is 30.0 Å². The van der Waals surface area contributed by atoms with Crippen LogP contribution in [0.2, 0.25) is 0 Å². The molecule has 0 saturated carbocycles. The van der Waals surface area contributed by atoms with Gasteiger partial charge in [0.05, 0.1) is 6.61 Å². The Hall–Kier alpha value is -2.31. The first-order valence-electron chi connectivity index (χ1n) is 7.88. The average Bonchev–Trinajstić information content (AvgIpc) is 2.51. The summed E-state index contributed by atoms with van der Waals surface area (Å²) in [5.74, 6) is 7.09. The third-order valence-electron chi connectivity index (χ3n) is 3.35. The third kappa shape index (κ3) is 5.77. The van der Waals surface area contributed by atoms with Crippen molar-refractivity contribution in [1.29, 1.82) is 0 Å². The van der Waals surface area contributed by atoms with Gasteiger partial charge in [0.25, 0.3) is 0 Å². The van der Waals surface area contributed by atoms with Gasteiger partial charge in [-0.15, -0.1) is 0 Å². The molecule has 0 spiro atoms. The molecule has 0 aliphatic carbocycles. The van der Waals surface area contributed by atoms with Gasteiger partial charge in [0.15, 0.2) is 11.4 Å². The molecule has 2 aromatic rings. The van der Waals surface area contributed by atoms with Crippen molar-refractivity contribution in [3.05, 3.63) is 58.9 Å². The van der Waals surface area contributed by atoms with Gasteiger partial charge in [0, 0.05) is 17.8 Å². The summed E-state index contributed by atoms with van der Waals surface area (Å²) in [4.78, 5) is 6.66. The number of hydrogen-bond donors (Lipinski definition) is 0. The van der Waals surface area contributed by atoms with Crippen molar-refractivity contribution in [1.82, 2.24) is 9.88 Å². The van der Waals surface area contributed by atoms with Gasteiger partial charge < -0.3 is 9.64 Å². The largest absolute Gasteiger partial charge is 0.491 e. The minimum absolute atomic E-state index is 0.669. The van der Waals surface area contributed by atoms with Crippen LogP contribution in [0, 0.1) is 25.7 Å². The highest BCUT2D eigenvalue weighted by Crippen LogP contribution is 2.16. The molecule has 0 aliphatic heterocycles. The van der Waals surface area contributed by atoms with Crippen LogP contribution in [0.1, 0.15) is 28.9 Å². The van der Waals surface area contributed by atoms with E-state index < -0.39 is 0 Å². The lowest BCUT2D eigenvalue weighted by molar-refractivity contribution is 0.280. The molecule has 0 amide bonds. The van der Waals surface area contributed by atoms with Crippen LogP contribution in [0.5, 0.6) is 5.75 Å². The summed E-state index contributed by atoms with van der Waals surface area (Å²) in [6, 6.07) is 12.1. The van der Waals surface area contributed by atoms with E-state index in [0.29, 0.717) is 12.3 Å². The number of pyridine rings is 1. The Labute approximate surface area is 139 Å². The lowest BCUT2D eigenvalue weighted by Gasteiger charge is -2.11. The third-order valence-corrected chi connectivity index (χ3v) is 3.35. The fraction of sp³-hybridized carbons (Fsp3) is 0.350. The predicted molar refractivity (Wildman–Crippen MR) is 94.8 cm³/mol. The van der Waals surface area contributed by atoms with E-state index in [4.69, 9.17) is 4.74 Å². The molecule has 0 unspecified atom stereocenters. The first-order valence-corrected chi connectivity index (χ1v) is 7.88. The van der Waals surface area contributed by atoms with Crippen LogP contribution in [0.15, 0.2) is 36.4 Å². The zero-order chi connectivity index (χ0) is 16.7. The number of benzene rings is 1. The van der Waals surface area contributed by atoms with Crippen molar-refractivity contribution in [3.63, 3.8) is 0 Å². The SMILES string of the molecule is Cc1cccc(C#Cc2nc(C)ccc2OCCCN(C)C)c1. The second kappa shape index (κ2) is 8.36. The van der Waals surface area contributed by atoms with E-state index in [-0.39, 0.29) is 0 Å². The predicted octanol–water partition coefficient (Wildman–Crippen LogP) is 3.43. The van der Waals surface area contributed by atoms with E-state index in [1.165, 1.54) is 5.56 Å². The van der Waals surface area contributed by atoms with Crippen LogP contribution in [0.3, 0.4) is 0 Å². The lowest BCUT2D eigenvalue weighted by atomic mass is 10.1. The summed E-state index contributed by atoms with van der Waals surface area (Å²) < 4.78 is 5.86. The Bertz CT molecular complexity index is 711. The van der Waals surface area contributed by atoms with Crippen molar-refractivity contribution >= 4 is 0 Å². The minimum Gasteiger partial charge on any atom is -0.491 e. The first kappa shape index (κ1) is 17.1. The normalized spacial score (nSPS) is 10.3. The molecule has 1 aromatic carbocycles. The zero-order valence-electron chi connectivity index (χ0n) is 14.4. The Morgan fingerprint density at radius 3 is 2.65 bits per heavy atom. The molecule has 0 bridgehead atoms. The van der Waals surface area contributed by atoms with Gasteiger partial charge in [0.1, 0.15) is 0 Å². The van der Waals surface area contributed by atoms with Gasteiger partial charge in [-0.3, -0.25) is 0 Å². The van der Waals surface area contributed by atoms with E-state index in [1.54, 1.807) is 0 Å². The van der Waals surface area contributed by atoms with Crippen LogP contribution in [-0.2, 0) is 0 Å². The molecule has 3 nitrogen and oxygen atoms in total. The molecule has 0 atom stereocenters. The van der Waals surface area contributed by atoms with Gasteiger partial charge in [-0.25, -0.2) is 4.98 Å². The lowest BCUT2D eigenvalue weighted by Crippen LogP contribution is -2.15. The fourth-order valence-corrected chi connectivity index (χ4v) is 2.17. The maximum atomic E-state index is 5.86. The molecular weight excluding hydrogens is 284 g/mol. The monoisotopic (exact) mass is 308 g/mol. The molecule has 23 heavy (non-hydrogen) atoms. The molecule has 1 aromatic heterocycles. The van der Waals surface area contributed by atoms with Gasteiger partial charge in [-0.2, -0.15) is 0 Å². The number of ether oxygens (including phenoxy) is 1. The molecule has 0 radical (unpaired) electrons. The van der Waals surface area contributed by atoms with E-state index in [9.17, 15) is 0 Å². The topological polar surface area (TPSA) is 25.4 Å². The number of aromatic nitrogens is 1. The summed E-state index contributed by atoms with van der Waals surface area (Å²) in [5.41, 5.74) is 3.84. The second-order valence-electron chi connectivity index (χ2n) is 5.92. The molecule has 1 heterocycles. The van der Waals surface area contributed by atoms with Crippen LogP contribution in [0.4, 0.5) is 0 Å². The Balaban J connectivity index is 2.13. The summed E-state index contributed by atoms with van der Waals surface area (Å²) in [6.45, 7) is 5.70. The van der Waals surface area contributed by atoms with Gasteiger partial charge >= 0.3 is 0 Å². The maximum Gasteiger partial charge on any atom is 0.155 e. The van der Waals surface area contributed by atoms with Crippen molar-refractivity contribution in [2.24, 2.45) is 0 Å². The van der Waals surface area contributed by atoms with E-state index in [1.807, 2.05) is 31.2 Å². The van der Waals surface area contributed by atoms with Gasteiger partial charge in [0.2, 0.25) is 0 Å². The maximum absolute atomic E-state index is 5.86. The first-order chi connectivity index (χ1) is 11.0. The summed E-state index contributed by atoms with van der Waals surface area (Å²) in [6.07, 6.45) is 0.978. The average molecular weight is 308 g/mol. The van der Waals surface area contributed by atoms with Crippen LogP contribution >= 0.6 is 0 Å². The number of rotatable bonds is 5. The number of aryl methyl sites for hydroxylation is 2. The Morgan fingerprint density at radius 2 is 1.91 bits per heavy atom. The zero-order valence-corrected chi connectivity index (χ0v) is 14.4. The van der Waals surface area contributed by atoms with Crippen molar-refractivity contribution in [2.45, 2.75) is 20.3 Å². The molecule has 3 heteroatoms. The fourth-order valence-electron chi connectivity index (χ4n) is 2.17. The van der Waals surface area contributed by atoms with Crippen molar-refractivity contribution in [3.8, 4) is 17.6 Å². The smallest absolute Gasteiger partial charge is 0.155 e. The molecule has 2 rings (SSSR count).